The van der Waals surface area contributed by atoms with Gasteiger partial charge in [-0.25, -0.2) is 18.2 Å². The molecule has 1 fully saturated rings. The summed E-state index contributed by atoms with van der Waals surface area (Å²) in [5, 5.41) is 6.70. The molecule has 12 heteroatoms. The van der Waals surface area contributed by atoms with Crippen molar-refractivity contribution in [1.82, 2.24) is 9.88 Å². The molecule has 2 aliphatic heterocycles. The summed E-state index contributed by atoms with van der Waals surface area (Å²) in [5.74, 6) is -2.52. The Kier molecular flexibility index (Phi) is 6.21. The van der Waals surface area contributed by atoms with E-state index in [1.165, 1.54) is 12.3 Å². The monoisotopic (exact) mass is 498 g/mol. The van der Waals surface area contributed by atoms with Crippen LogP contribution in [0.25, 0.3) is 11.1 Å². The van der Waals surface area contributed by atoms with Gasteiger partial charge in [0.25, 0.3) is 0 Å². The first kappa shape index (κ1) is 23.9. The first-order valence-electron chi connectivity index (χ1n) is 10.0. The zero-order valence-corrected chi connectivity index (χ0v) is 18.2. The number of benzene rings is 1. The Labute approximate surface area is 191 Å². The minimum absolute atomic E-state index is 0.0617. The van der Waals surface area contributed by atoms with Gasteiger partial charge in [-0.3, -0.25) is 4.90 Å². The molecule has 0 radical (unpaired) electrons. The van der Waals surface area contributed by atoms with Crippen molar-refractivity contribution in [3.8, 4) is 11.1 Å². The molecule has 0 amide bonds. The summed E-state index contributed by atoms with van der Waals surface area (Å²) < 4.78 is 76.2. The second kappa shape index (κ2) is 8.84. The number of likely N-dealkylation sites (tertiary alicyclic amines) is 1. The highest BCUT2D eigenvalue weighted by atomic mass is 32.2. The first-order valence-corrected chi connectivity index (χ1v) is 11.6. The number of aromatic nitrogens is 1. The van der Waals surface area contributed by atoms with Gasteiger partial charge in [0.1, 0.15) is 5.76 Å². The van der Waals surface area contributed by atoms with Gasteiger partial charge < -0.3 is 9.52 Å². The summed E-state index contributed by atoms with van der Waals surface area (Å²) in [6.45, 7) is 1.77. The van der Waals surface area contributed by atoms with Crippen molar-refractivity contribution >= 4 is 15.8 Å². The molecule has 0 spiro atoms. The molecule has 1 N–H and O–H groups in total. The number of hydrogen-bond acceptors (Lipinski definition) is 6. The van der Waals surface area contributed by atoms with Crippen LogP contribution in [0.1, 0.15) is 17.2 Å². The average molecular weight is 498 g/mol. The molecule has 5 rings (SSSR count). The summed E-state index contributed by atoms with van der Waals surface area (Å²) in [7, 11) is -3.35. The van der Waals surface area contributed by atoms with E-state index in [2.05, 4.69) is 9.88 Å². The maximum absolute atomic E-state index is 13.1. The maximum atomic E-state index is 13.1. The number of alkyl halides is 3. The smallest absolute Gasteiger partial charge is 0.475 e. The second-order valence-electron chi connectivity index (χ2n) is 7.89. The molecule has 4 heterocycles. The molecule has 2 atom stereocenters. The Morgan fingerprint density at radius 3 is 2.44 bits per heavy atom. The number of aliphatic carboxylic acids is 1. The minimum Gasteiger partial charge on any atom is -0.475 e. The lowest BCUT2D eigenvalue weighted by molar-refractivity contribution is -0.192. The number of carboxylic acid groups (broad SMARTS) is 1. The van der Waals surface area contributed by atoms with Crippen molar-refractivity contribution in [2.45, 2.75) is 28.8 Å². The van der Waals surface area contributed by atoms with Crippen LogP contribution in [-0.2, 0) is 21.2 Å². The lowest BCUT2D eigenvalue weighted by Gasteiger charge is -2.16. The minimum atomic E-state index is -5.08. The first-order chi connectivity index (χ1) is 16.0. The van der Waals surface area contributed by atoms with Gasteiger partial charge >= 0.3 is 12.1 Å². The average Bonchev–Trinajstić information content (AvgIpc) is 3.48. The molecular weight excluding hydrogens is 480 g/mol. The van der Waals surface area contributed by atoms with Gasteiger partial charge in [-0.2, -0.15) is 17.6 Å². The van der Waals surface area contributed by atoms with E-state index >= 15 is 0 Å². The van der Waals surface area contributed by atoms with E-state index < -0.39 is 33.2 Å². The predicted octanol–water partition coefficient (Wildman–Crippen LogP) is 3.87. The van der Waals surface area contributed by atoms with Crippen LogP contribution in [0, 0.1) is 5.95 Å². The largest absolute Gasteiger partial charge is 0.490 e. The predicted molar refractivity (Wildman–Crippen MR) is 111 cm³/mol. The van der Waals surface area contributed by atoms with Gasteiger partial charge in [0.2, 0.25) is 5.95 Å². The highest BCUT2D eigenvalue weighted by Crippen LogP contribution is 2.46. The third-order valence-corrected chi connectivity index (χ3v) is 7.98. The molecule has 2 aliphatic rings. The maximum Gasteiger partial charge on any atom is 0.490 e. The van der Waals surface area contributed by atoms with Crippen LogP contribution in [0.5, 0.6) is 0 Å². The fourth-order valence-electron chi connectivity index (χ4n) is 4.20. The highest BCUT2D eigenvalue weighted by molar-refractivity contribution is 7.92. The van der Waals surface area contributed by atoms with Gasteiger partial charge in [0, 0.05) is 30.8 Å². The summed E-state index contributed by atoms with van der Waals surface area (Å²) in [5.41, 5.74) is 2.47. The van der Waals surface area contributed by atoms with E-state index in [1.807, 2.05) is 18.2 Å². The molecule has 1 aromatic carbocycles. The molecule has 0 saturated carbocycles. The molecule has 1 saturated heterocycles. The number of fused-ring (bicyclic) bond motifs is 3. The van der Waals surface area contributed by atoms with Crippen molar-refractivity contribution in [2.75, 3.05) is 13.1 Å². The van der Waals surface area contributed by atoms with E-state index in [-0.39, 0.29) is 5.92 Å². The number of hydrogen-bond donors (Lipinski definition) is 1. The lowest BCUT2D eigenvalue weighted by atomic mass is 9.95. The number of carbonyl (C=O) groups is 1. The number of rotatable bonds is 3. The van der Waals surface area contributed by atoms with Crippen LogP contribution < -0.4 is 0 Å². The van der Waals surface area contributed by atoms with Crippen molar-refractivity contribution in [3.63, 3.8) is 0 Å². The van der Waals surface area contributed by atoms with E-state index in [0.29, 0.717) is 24.5 Å². The molecule has 180 valence electrons. The summed E-state index contributed by atoms with van der Waals surface area (Å²) in [6, 6.07) is 12.1. The van der Waals surface area contributed by atoms with Gasteiger partial charge in [-0.05, 0) is 47.5 Å². The number of sulfone groups is 1. The van der Waals surface area contributed by atoms with Gasteiger partial charge in [0.15, 0.2) is 9.84 Å². The van der Waals surface area contributed by atoms with Crippen LogP contribution in [0.3, 0.4) is 0 Å². The number of carboxylic acids is 1. The van der Waals surface area contributed by atoms with Gasteiger partial charge in [-0.1, -0.05) is 6.07 Å². The molecule has 0 aliphatic carbocycles. The SMILES string of the molecule is O=C(O)C(F)(F)F.O=S1(=O)c2ccc(-c3ccc(F)nc3)cc2C2CN(Cc3ccco3)CC21. The third kappa shape index (κ3) is 4.68. The lowest BCUT2D eigenvalue weighted by Crippen LogP contribution is -2.25. The van der Waals surface area contributed by atoms with Crippen LogP contribution in [0.4, 0.5) is 17.6 Å². The molecule has 2 aromatic heterocycles. The number of pyridine rings is 1. The Morgan fingerprint density at radius 1 is 1.15 bits per heavy atom. The van der Waals surface area contributed by atoms with E-state index in [1.54, 1.807) is 24.5 Å². The Balaban J connectivity index is 0.000000344. The Hall–Kier alpha value is -3.25. The normalized spacial score (nSPS) is 20.8. The standard InChI is InChI=1S/C20H17FN2O3S.C2HF3O2/c21-20-6-4-14(9-22-20)13-3-5-18-16(8-13)17-11-23(10-15-2-1-7-26-15)12-19(17)27(18,24)25;3-2(4,5)1(6)7/h1-9,17,19H,10-12H2;(H,6,7). The van der Waals surface area contributed by atoms with Crippen LogP contribution in [0.2, 0.25) is 0 Å². The summed E-state index contributed by atoms with van der Waals surface area (Å²) >= 11 is 0. The zero-order valence-electron chi connectivity index (χ0n) is 17.4. The molecule has 34 heavy (non-hydrogen) atoms. The fraction of sp³-hybridized carbons (Fsp3) is 0.273. The zero-order chi connectivity index (χ0) is 24.7. The molecule has 0 bridgehead atoms. The van der Waals surface area contributed by atoms with Crippen LogP contribution in [-0.4, -0.2) is 53.9 Å². The topological polar surface area (TPSA) is 101 Å². The second-order valence-corrected chi connectivity index (χ2v) is 10.0. The van der Waals surface area contributed by atoms with Gasteiger partial charge in [0.05, 0.1) is 23.0 Å². The van der Waals surface area contributed by atoms with E-state index in [0.717, 1.165) is 22.5 Å². The van der Waals surface area contributed by atoms with E-state index in [4.69, 9.17) is 14.3 Å². The number of furan rings is 1. The van der Waals surface area contributed by atoms with E-state index in [9.17, 15) is 26.0 Å². The van der Waals surface area contributed by atoms with Crippen molar-refractivity contribution in [3.05, 3.63) is 72.2 Å². The van der Waals surface area contributed by atoms with Crippen molar-refractivity contribution < 1.29 is 40.3 Å². The molecule has 3 aromatic rings. The highest BCUT2D eigenvalue weighted by Gasteiger charge is 2.50. The Morgan fingerprint density at radius 2 is 1.85 bits per heavy atom. The molecular formula is C22H18F4N2O5S. The quantitative estimate of drug-likeness (QED) is 0.432. The number of nitrogens with zero attached hydrogens (tertiary/aromatic N) is 2. The molecule has 7 nitrogen and oxygen atoms in total. The third-order valence-electron chi connectivity index (χ3n) is 5.72. The fourth-order valence-corrected chi connectivity index (χ4v) is 6.40. The van der Waals surface area contributed by atoms with Crippen molar-refractivity contribution in [1.29, 1.82) is 0 Å². The summed E-state index contributed by atoms with van der Waals surface area (Å²) in [6.07, 6.45) is -1.99. The Bertz CT molecular complexity index is 1290. The van der Waals surface area contributed by atoms with Crippen molar-refractivity contribution in [2.24, 2.45) is 0 Å². The number of halogens is 4. The summed E-state index contributed by atoms with van der Waals surface area (Å²) in [4.78, 5) is 15.1. The van der Waals surface area contributed by atoms with Gasteiger partial charge in [-0.15, -0.1) is 0 Å². The molecule has 2 unspecified atom stereocenters. The van der Waals surface area contributed by atoms with Crippen LogP contribution in [0.15, 0.2) is 64.2 Å². The van der Waals surface area contributed by atoms with Crippen LogP contribution >= 0.6 is 0 Å².